The molecule has 3 aromatic rings. The summed E-state index contributed by atoms with van der Waals surface area (Å²) in [5, 5.41) is 7.57. The highest BCUT2D eigenvalue weighted by Gasteiger charge is 2.28. The second kappa shape index (κ2) is 7.30. The maximum Gasteiger partial charge on any atom is 0.276 e. The van der Waals surface area contributed by atoms with E-state index in [0.29, 0.717) is 40.0 Å². The van der Waals surface area contributed by atoms with E-state index in [2.05, 4.69) is 10.4 Å². The Hall–Kier alpha value is -2.83. The number of benzene rings is 2. The first-order chi connectivity index (χ1) is 13.4. The molecular formula is C20H16Cl2N4O2. The summed E-state index contributed by atoms with van der Waals surface area (Å²) in [4.78, 5) is 26.9. The molecule has 0 spiro atoms. The molecule has 2 aromatic carbocycles. The van der Waals surface area contributed by atoms with Gasteiger partial charge < -0.3 is 10.2 Å². The number of hydrogen-bond acceptors (Lipinski definition) is 3. The quantitative estimate of drug-likeness (QED) is 0.698. The summed E-state index contributed by atoms with van der Waals surface area (Å²) >= 11 is 12.4. The van der Waals surface area contributed by atoms with Gasteiger partial charge in [0.1, 0.15) is 0 Å². The molecule has 4 rings (SSSR count). The number of aryl methyl sites for hydroxylation is 1. The normalized spacial score (nSPS) is 12.8. The third-order valence-electron chi connectivity index (χ3n) is 4.60. The van der Waals surface area contributed by atoms with E-state index in [1.807, 2.05) is 12.1 Å². The lowest BCUT2D eigenvalue weighted by Gasteiger charge is -2.19. The Balaban J connectivity index is 1.57. The van der Waals surface area contributed by atoms with Crippen LogP contribution < -0.4 is 10.2 Å². The number of nitrogens with zero attached hydrogens (tertiary/aromatic N) is 3. The van der Waals surface area contributed by atoms with E-state index in [-0.39, 0.29) is 11.8 Å². The molecule has 2 heterocycles. The summed E-state index contributed by atoms with van der Waals surface area (Å²) in [6, 6.07) is 12.1. The van der Waals surface area contributed by atoms with Crippen LogP contribution in [-0.4, -0.2) is 28.1 Å². The summed E-state index contributed by atoms with van der Waals surface area (Å²) in [6.45, 7) is 0.521. The summed E-state index contributed by atoms with van der Waals surface area (Å²) in [5.41, 5.74) is 3.05. The SMILES string of the molecule is Cn1ccc(C(=O)Nc2ccc3c(c2)CCN3C(=O)c2c(Cl)cccc2Cl)n1. The molecule has 6 nitrogen and oxygen atoms in total. The average Bonchev–Trinajstić information content (AvgIpc) is 3.27. The number of amides is 2. The highest BCUT2D eigenvalue weighted by Crippen LogP contribution is 2.34. The lowest BCUT2D eigenvalue weighted by Crippen LogP contribution is -2.29. The third kappa shape index (κ3) is 3.37. The van der Waals surface area contributed by atoms with Crippen molar-refractivity contribution in [3.63, 3.8) is 0 Å². The van der Waals surface area contributed by atoms with E-state index in [4.69, 9.17) is 23.2 Å². The van der Waals surface area contributed by atoms with Gasteiger partial charge in [-0.25, -0.2) is 0 Å². The minimum Gasteiger partial charge on any atom is -0.321 e. The Labute approximate surface area is 171 Å². The summed E-state index contributed by atoms with van der Waals surface area (Å²) in [5.74, 6) is -0.519. The molecule has 0 saturated heterocycles. The molecule has 0 aliphatic carbocycles. The molecule has 2 amide bonds. The molecule has 0 fully saturated rings. The van der Waals surface area contributed by atoms with Crippen LogP contribution in [0.15, 0.2) is 48.7 Å². The third-order valence-corrected chi connectivity index (χ3v) is 5.23. The molecule has 0 bridgehead atoms. The second-order valence-electron chi connectivity index (χ2n) is 6.48. The van der Waals surface area contributed by atoms with Gasteiger partial charge in [-0.3, -0.25) is 14.3 Å². The molecule has 1 aromatic heterocycles. The van der Waals surface area contributed by atoms with Gasteiger partial charge in [-0.1, -0.05) is 29.3 Å². The summed E-state index contributed by atoms with van der Waals surface area (Å²) < 4.78 is 1.57. The van der Waals surface area contributed by atoms with E-state index in [1.165, 1.54) is 0 Å². The van der Waals surface area contributed by atoms with Crippen molar-refractivity contribution in [1.82, 2.24) is 9.78 Å². The van der Waals surface area contributed by atoms with Crippen molar-refractivity contribution in [2.75, 3.05) is 16.8 Å². The zero-order chi connectivity index (χ0) is 19.8. The zero-order valence-corrected chi connectivity index (χ0v) is 16.5. The number of carbonyl (C=O) groups is 2. The highest BCUT2D eigenvalue weighted by molar-refractivity contribution is 6.40. The monoisotopic (exact) mass is 414 g/mol. The van der Waals surface area contributed by atoms with E-state index < -0.39 is 0 Å². The van der Waals surface area contributed by atoms with Crippen molar-refractivity contribution in [3.05, 3.63) is 75.5 Å². The van der Waals surface area contributed by atoms with Crippen LogP contribution in [0.4, 0.5) is 11.4 Å². The van der Waals surface area contributed by atoms with Gasteiger partial charge in [0.15, 0.2) is 5.69 Å². The van der Waals surface area contributed by atoms with E-state index in [1.54, 1.807) is 53.2 Å². The van der Waals surface area contributed by atoms with Gasteiger partial charge in [0.25, 0.3) is 11.8 Å². The van der Waals surface area contributed by atoms with E-state index in [9.17, 15) is 9.59 Å². The Morgan fingerprint density at radius 3 is 2.54 bits per heavy atom. The highest BCUT2D eigenvalue weighted by atomic mass is 35.5. The van der Waals surface area contributed by atoms with Gasteiger partial charge in [-0.2, -0.15) is 5.10 Å². The van der Waals surface area contributed by atoms with Gasteiger partial charge in [0.2, 0.25) is 0 Å². The minimum atomic E-state index is -0.283. The fraction of sp³-hybridized carbons (Fsp3) is 0.150. The summed E-state index contributed by atoms with van der Waals surface area (Å²) in [6.07, 6.45) is 2.39. The minimum absolute atomic E-state index is 0.236. The van der Waals surface area contributed by atoms with Gasteiger partial charge in [-0.15, -0.1) is 0 Å². The van der Waals surface area contributed by atoms with Crippen molar-refractivity contribution in [1.29, 1.82) is 0 Å². The fourth-order valence-electron chi connectivity index (χ4n) is 3.26. The van der Waals surface area contributed by atoms with Crippen molar-refractivity contribution in [2.45, 2.75) is 6.42 Å². The number of hydrogen-bond donors (Lipinski definition) is 1. The Morgan fingerprint density at radius 1 is 1.11 bits per heavy atom. The molecule has 0 atom stereocenters. The lowest BCUT2D eigenvalue weighted by molar-refractivity contribution is 0.0987. The first-order valence-corrected chi connectivity index (χ1v) is 9.39. The number of rotatable bonds is 3. The Morgan fingerprint density at radius 2 is 1.86 bits per heavy atom. The van der Waals surface area contributed by atoms with Crippen LogP contribution in [0, 0.1) is 0 Å². The molecule has 1 N–H and O–H groups in total. The van der Waals surface area contributed by atoms with Crippen LogP contribution in [0.25, 0.3) is 0 Å². The maximum atomic E-state index is 13.0. The van der Waals surface area contributed by atoms with Crippen LogP contribution in [0.5, 0.6) is 0 Å². The van der Waals surface area contributed by atoms with Crippen LogP contribution in [-0.2, 0) is 13.5 Å². The number of nitrogens with one attached hydrogen (secondary N) is 1. The van der Waals surface area contributed by atoms with E-state index >= 15 is 0 Å². The average molecular weight is 415 g/mol. The molecule has 1 aliphatic heterocycles. The number of carbonyl (C=O) groups excluding carboxylic acids is 2. The van der Waals surface area contributed by atoms with Crippen molar-refractivity contribution in [3.8, 4) is 0 Å². The number of fused-ring (bicyclic) bond motifs is 1. The Bertz CT molecular complexity index is 1070. The first-order valence-electron chi connectivity index (χ1n) is 8.64. The topological polar surface area (TPSA) is 67.2 Å². The van der Waals surface area contributed by atoms with Gasteiger partial charge >= 0.3 is 0 Å². The van der Waals surface area contributed by atoms with Crippen LogP contribution in [0.3, 0.4) is 0 Å². The predicted octanol–water partition coefficient (Wildman–Crippen LogP) is 4.18. The first kappa shape index (κ1) is 18.5. The van der Waals surface area contributed by atoms with Crippen LogP contribution in [0.2, 0.25) is 10.0 Å². The predicted molar refractivity (Wildman–Crippen MR) is 109 cm³/mol. The zero-order valence-electron chi connectivity index (χ0n) is 14.9. The van der Waals surface area contributed by atoms with Crippen molar-refractivity contribution < 1.29 is 9.59 Å². The maximum absolute atomic E-state index is 13.0. The standard InChI is InChI=1S/C20H16Cl2N4O2/c1-25-9-8-16(24-25)19(27)23-13-5-6-17-12(11-13)7-10-26(17)20(28)18-14(21)3-2-4-15(18)22/h2-6,8-9,11H,7,10H2,1H3,(H,23,27). The fourth-order valence-corrected chi connectivity index (χ4v) is 3.82. The van der Waals surface area contributed by atoms with Crippen molar-refractivity contribution in [2.24, 2.45) is 7.05 Å². The van der Waals surface area contributed by atoms with E-state index in [0.717, 1.165) is 11.3 Å². The summed E-state index contributed by atoms with van der Waals surface area (Å²) in [7, 11) is 1.75. The second-order valence-corrected chi connectivity index (χ2v) is 7.29. The molecule has 0 saturated carbocycles. The number of aromatic nitrogens is 2. The molecule has 8 heteroatoms. The van der Waals surface area contributed by atoms with Gasteiger partial charge in [0.05, 0.1) is 15.6 Å². The number of halogens is 2. The van der Waals surface area contributed by atoms with Gasteiger partial charge in [-0.05, 0) is 48.4 Å². The molecule has 28 heavy (non-hydrogen) atoms. The molecule has 1 aliphatic rings. The lowest BCUT2D eigenvalue weighted by atomic mass is 10.1. The largest absolute Gasteiger partial charge is 0.321 e. The number of anilines is 2. The Kier molecular flexibility index (Phi) is 4.83. The molecule has 0 radical (unpaired) electrons. The molecule has 142 valence electrons. The van der Waals surface area contributed by atoms with Crippen LogP contribution >= 0.6 is 23.2 Å². The molecule has 0 unspecified atom stereocenters. The van der Waals surface area contributed by atoms with Crippen LogP contribution in [0.1, 0.15) is 26.4 Å². The molecular weight excluding hydrogens is 399 g/mol. The smallest absolute Gasteiger partial charge is 0.276 e. The van der Waals surface area contributed by atoms with Crippen molar-refractivity contribution >= 4 is 46.4 Å². The van der Waals surface area contributed by atoms with Gasteiger partial charge in [0, 0.05) is 31.2 Å².